The van der Waals surface area contributed by atoms with Gasteiger partial charge >= 0.3 is 11.9 Å². The molecule has 0 amide bonds. The zero-order valence-electron chi connectivity index (χ0n) is 10.6. The molecule has 0 bridgehead atoms. The van der Waals surface area contributed by atoms with Crippen LogP contribution in [0.5, 0.6) is 0 Å². The van der Waals surface area contributed by atoms with Crippen molar-refractivity contribution in [3.8, 4) is 0 Å². The first-order valence-corrected chi connectivity index (χ1v) is 6.64. The van der Waals surface area contributed by atoms with Gasteiger partial charge in [0.2, 0.25) is 5.28 Å². The Bertz CT molecular complexity index is 701. The molecule has 0 radical (unpaired) electrons. The Balaban J connectivity index is 2.59. The van der Waals surface area contributed by atoms with E-state index in [0.717, 1.165) is 11.3 Å². The molecule has 2 aromatic heterocycles. The molecule has 0 aliphatic rings. The van der Waals surface area contributed by atoms with Gasteiger partial charge in [-0.05, 0) is 24.1 Å². The van der Waals surface area contributed by atoms with E-state index in [9.17, 15) is 9.59 Å². The highest BCUT2D eigenvalue weighted by molar-refractivity contribution is 7.20. The molecule has 0 aliphatic heterocycles. The van der Waals surface area contributed by atoms with Gasteiger partial charge in [-0.15, -0.1) is 11.3 Å². The summed E-state index contributed by atoms with van der Waals surface area (Å²) < 4.78 is 4.69. The fourth-order valence-electron chi connectivity index (χ4n) is 1.69. The molecule has 0 atom stereocenters. The number of aliphatic carboxylic acids is 1. The van der Waals surface area contributed by atoms with Crippen molar-refractivity contribution in [3.05, 3.63) is 15.7 Å². The third kappa shape index (κ3) is 2.66. The molecular formula is C11H10ClN3O4S. The number of ether oxygens (including phenoxy) is 1. The zero-order chi connectivity index (χ0) is 14.9. The minimum absolute atomic E-state index is 0.0249. The summed E-state index contributed by atoms with van der Waals surface area (Å²) in [5.41, 5.74) is 0.626. The fraction of sp³-hybridized carbons (Fsp3) is 0.273. The molecule has 0 spiro atoms. The van der Waals surface area contributed by atoms with Gasteiger partial charge in [-0.2, -0.15) is 0 Å². The van der Waals surface area contributed by atoms with Crippen LogP contribution in [0.3, 0.4) is 0 Å². The predicted octanol–water partition coefficient (Wildman–Crippen LogP) is 1.94. The first-order valence-electron chi connectivity index (χ1n) is 5.44. The maximum absolute atomic E-state index is 11.7. The number of nitrogens with zero attached hydrogens (tertiary/aromatic N) is 2. The number of hydrogen-bond donors (Lipinski definition) is 2. The lowest BCUT2D eigenvalue weighted by Gasteiger charge is -2.05. The molecule has 0 aromatic carbocycles. The van der Waals surface area contributed by atoms with Crippen molar-refractivity contribution in [1.82, 2.24) is 9.97 Å². The van der Waals surface area contributed by atoms with Gasteiger partial charge < -0.3 is 15.2 Å². The number of esters is 1. The molecule has 0 saturated carbocycles. The SMILES string of the molecule is COC(=O)c1sc2nc(Cl)nc(NCC(=O)O)c2c1C. The van der Waals surface area contributed by atoms with E-state index in [2.05, 4.69) is 15.3 Å². The van der Waals surface area contributed by atoms with E-state index in [1.807, 2.05) is 0 Å². The second kappa shape index (κ2) is 5.59. The molecule has 106 valence electrons. The standard InChI is InChI=1S/C11H10ClN3O4S/c1-4-6-8(13-3-5(16)17)14-11(12)15-9(6)20-7(4)10(18)19-2/h3H2,1-2H3,(H,16,17)(H,13,14,15). The van der Waals surface area contributed by atoms with E-state index < -0.39 is 11.9 Å². The van der Waals surface area contributed by atoms with Crippen LogP contribution in [-0.4, -0.2) is 40.7 Å². The van der Waals surface area contributed by atoms with Gasteiger partial charge in [-0.25, -0.2) is 14.8 Å². The second-order valence-corrected chi connectivity index (χ2v) is 5.15. The first-order chi connectivity index (χ1) is 9.43. The summed E-state index contributed by atoms with van der Waals surface area (Å²) in [7, 11) is 1.29. The third-order valence-corrected chi connectivity index (χ3v) is 3.88. The van der Waals surface area contributed by atoms with Crippen LogP contribution in [0, 0.1) is 6.92 Å². The van der Waals surface area contributed by atoms with Crippen LogP contribution >= 0.6 is 22.9 Å². The summed E-state index contributed by atoms with van der Waals surface area (Å²) in [6.07, 6.45) is 0. The number of aromatic nitrogens is 2. The molecule has 0 fully saturated rings. The maximum atomic E-state index is 11.7. The Hall–Kier alpha value is -1.93. The zero-order valence-corrected chi connectivity index (χ0v) is 12.1. The summed E-state index contributed by atoms with van der Waals surface area (Å²) in [6, 6.07) is 0. The van der Waals surface area contributed by atoms with Gasteiger partial charge in [0.15, 0.2) is 0 Å². The number of carbonyl (C=O) groups is 2. The number of carboxylic acid groups (broad SMARTS) is 1. The maximum Gasteiger partial charge on any atom is 0.348 e. The lowest BCUT2D eigenvalue weighted by atomic mass is 10.2. The highest BCUT2D eigenvalue weighted by Gasteiger charge is 2.20. The predicted molar refractivity (Wildman–Crippen MR) is 74.6 cm³/mol. The van der Waals surface area contributed by atoms with E-state index in [4.69, 9.17) is 21.4 Å². The number of thiophene rings is 1. The Labute approximate surface area is 122 Å². The van der Waals surface area contributed by atoms with Gasteiger partial charge in [-0.3, -0.25) is 4.79 Å². The number of nitrogens with one attached hydrogen (secondary N) is 1. The van der Waals surface area contributed by atoms with Crippen LogP contribution in [-0.2, 0) is 9.53 Å². The van der Waals surface area contributed by atoms with Crippen LogP contribution in [0.1, 0.15) is 15.2 Å². The van der Waals surface area contributed by atoms with Crippen LogP contribution in [0.2, 0.25) is 5.28 Å². The van der Waals surface area contributed by atoms with Crippen molar-refractivity contribution >= 4 is 50.9 Å². The van der Waals surface area contributed by atoms with Crippen LogP contribution in [0.4, 0.5) is 5.82 Å². The Morgan fingerprint density at radius 1 is 1.45 bits per heavy atom. The number of carbonyl (C=O) groups excluding carboxylic acids is 1. The van der Waals surface area contributed by atoms with Gasteiger partial charge in [0.1, 0.15) is 22.1 Å². The second-order valence-electron chi connectivity index (χ2n) is 3.82. The average Bonchev–Trinajstić information content (AvgIpc) is 2.72. The van der Waals surface area contributed by atoms with Gasteiger partial charge in [-0.1, -0.05) is 0 Å². The number of carboxylic acids is 1. The van der Waals surface area contributed by atoms with Crippen molar-refractivity contribution in [1.29, 1.82) is 0 Å². The normalized spacial score (nSPS) is 10.6. The summed E-state index contributed by atoms with van der Waals surface area (Å²) in [5, 5.41) is 11.9. The number of hydrogen-bond acceptors (Lipinski definition) is 7. The number of aryl methyl sites for hydroxylation is 1. The molecule has 2 N–H and O–H groups in total. The van der Waals surface area contributed by atoms with E-state index in [1.54, 1.807) is 6.92 Å². The Kier molecular flexibility index (Phi) is 4.05. The molecular weight excluding hydrogens is 306 g/mol. The molecule has 0 aliphatic carbocycles. The molecule has 0 unspecified atom stereocenters. The highest BCUT2D eigenvalue weighted by atomic mass is 35.5. The molecule has 7 nitrogen and oxygen atoms in total. The summed E-state index contributed by atoms with van der Waals surface area (Å²) in [6.45, 7) is 1.40. The van der Waals surface area contributed by atoms with Crippen LogP contribution < -0.4 is 5.32 Å². The summed E-state index contributed by atoms with van der Waals surface area (Å²) in [5.74, 6) is -1.23. The van der Waals surface area contributed by atoms with Crippen molar-refractivity contribution in [3.63, 3.8) is 0 Å². The van der Waals surface area contributed by atoms with Crippen molar-refractivity contribution < 1.29 is 19.4 Å². The number of rotatable bonds is 4. The van der Waals surface area contributed by atoms with E-state index in [1.165, 1.54) is 7.11 Å². The van der Waals surface area contributed by atoms with Gasteiger partial charge in [0.05, 0.1) is 12.5 Å². The number of fused-ring (bicyclic) bond motifs is 1. The fourth-order valence-corrected chi connectivity index (χ4v) is 3.01. The first kappa shape index (κ1) is 14.5. The highest BCUT2D eigenvalue weighted by Crippen LogP contribution is 2.34. The smallest absolute Gasteiger partial charge is 0.348 e. The molecule has 2 aromatic rings. The monoisotopic (exact) mass is 315 g/mol. The Morgan fingerprint density at radius 2 is 2.15 bits per heavy atom. The third-order valence-electron chi connectivity index (χ3n) is 2.54. The molecule has 9 heteroatoms. The summed E-state index contributed by atoms with van der Waals surface area (Å²) in [4.78, 5) is 31.2. The van der Waals surface area contributed by atoms with Gasteiger partial charge in [0, 0.05) is 0 Å². The minimum atomic E-state index is -1.03. The number of methoxy groups -OCH3 is 1. The van der Waals surface area contributed by atoms with Crippen molar-refractivity contribution in [2.24, 2.45) is 0 Å². The molecule has 20 heavy (non-hydrogen) atoms. The molecule has 2 heterocycles. The molecule has 0 saturated heterocycles. The van der Waals surface area contributed by atoms with E-state index in [-0.39, 0.29) is 17.6 Å². The average molecular weight is 316 g/mol. The minimum Gasteiger partial charge on any atom is -0.480 e. The van der Waals surface area contributed by atoms with E-state index >= 15 is 0 Å². The van der Waals surface area contributed by atoms with Crippen LogP contribution in [0.25, 0.3) is 10.2 Å². The van der Waals surface area contributed by atoms with Crippen LogP contribution in [0.15, 0.2) is 0 Å². The van der Waals surface area contributed by atoms with Gasteiger partial charge in [0.25, 0.3) is 0 Å². The molecule has 2 rings (SSSR count). The Morgan fingerprint density at radius 3 is 2.75 bits per heavy atom. The van der Waals surface area contributed by atoms with Crippen molar-refractivity contribution in [2.75, 3.05) is 19.0 Å². The van der Waals surface area contributed by atoms with E-state index in [0.29, 0.717) is 20.7 Å². The largest absolute Gasteiger partial charge is 0.480 e. The lowest BCUT2D eigenvalue weighted by Crippen LogP contribution is -2.13. The topological polar surface area (TPSA) is 101 Å². The lowest BCUT2D eigenvalue weighted by molar-refractivity contribution is -0.134. The quantitative estimate of drug-likeness (QED) is 0.656. The van der Waals surface area contributed by atoms with Crippen molar-refractivity contribution in [2.45, 2.75) is 6.92 Å². The summed E-state index contributed by atoms with van der Waals surface area (Å²) >= 11 is 6.92. The number of anilines is 1. The number of halogens is 1.